The fourth-order valence-corrected chi connectivity index (χ4v) is 4.30. The molecule has 3 rings (SSSR count). The number of carbonyl (C=O) groups is 2. The maximum atomic E-state index is 12.4. The van der Waals surface area contributed by atoms with Crippen LogP contribution in [0.15, 0.2) is 12.2 Å². The van der Waals surface area contributed by atoms with Crippen molar-refractivity contribution in [2.24, 2.45) is 17.8 Å². The molecule has 1 amide bonds. The molecule has 0 aromatic rings. The van der Waals surface area contributed by atoms with E-state index in [9.17, 15) is 9.59 Å². The molecule has 2 fully saturated rings. The third-order valence-electron chi connectivity index (χ3n) is 4.05. The van der Waals surface area contributed by atoms with Gasteiger partial charge in [-0.05, 0) is 24.7 Å². The number of carboxylic acid groups (broad SMARTS) is 1. The molecule has 92 valence electrons. The van der Waals surface area contributed by atoms with Crippen LogP contribution in [-0.4, -0.2) is 39.6 Å². The van der Waals surface area contributed by atoms with E-state index in [2.05, 4.69) is 12.2 Å². The zero-order chi connectivity index (χ0) is 12.0. The molecule has 2 aliphatic carbocycles. The van der Waals surface area contributed by atoms with Gasteiger partial charge in [-0.25, -0.2) is 4.79 Å². The Bertz CT molecular complexity index is 395. The van der Waals surface area contributed by atoms with Crippen LogP contribution >= 0.6 is 11.8 Å². The lowest BCUT2D eigenvalue weighted by Crippen LogP contribution is -2.45. The summed E-state index contributed by atoms with van der Waals surface area (Å²) in [5.41, 5.74) is 0. The van der Waals surface area contributed by atoms with Crippen LogP contribution < -0.4 is 0 Å². The van der Waals surface area contributed by atoms with E-state index in [0.717, 1.165) is 12.8 Å². The Morgan fingerprint density at radius 3 is 2.71 bits per heavy atom. The molecular weight excluding hydrogens is 238 g/mol. The monoisotopic (exact) mass is 253 g/mol. The lowest BCUT2D eigenvalue weighted by Gasteiger charge is -2.26. The van der Waals surface area contributed by atoms with Gasteiger partial charge in [0.05, 0.1) is 5.88 Å². The summed E-state index contributed by atoms with van der Waals surface area (Å²) in [5, 5.41) is 9.09. The molecule has 0 spiro atoms. The van der Waals surface area contributed by atoms with Crippen molar-refractivity contribution in [2.45, 2.75) is 18.9 Å². The normalized spacial score (nSPS) is 38.9. The van der Waals surface area contributed by atoms with Gasteiger partial charge in [-0.3, -0.25) is 4.79 Å². The first kappa shape index (κ1) is 11.1. The van der Waals surface area contributed by atoms with E-state index in [1.165, 1.54) is 11.8 Å². The first-order chi connectivity index (χ1) is 8.16. The standard InChI is InChI=1S/C12H15NO3S/c14-11(9-4-7-1-2-8(9)3-7)13-6-17-5-10(13)12(15)16/h1-2,7-10H,3-6H2,(H,15,16). The molecule has 1 aliphatic heterocycles. The molecule has 1 saturated carbocycles. The van der Waals surface area contributed by atoms with Gasteiger partial charge in [0, 0.05) is 11.7 Å². The average molecular weight is 253 g/mol. The van der Waals surface area contributed by atoms with Gasteiger partial charge in [-0.1, -0.05) is 12.2 Å². The summed E-state index contributed by atoms with van der Waals surface area (Å²) in [6.07, 6.45) is 6.32. The quantitative estimate of drug-likeness (QED) is 0.751. The Morgan fingerprint density at radius 1 is 1.29 bits per heavy atom. The minimum Gasteiger partial charge on any atom is -0.480 e. The highest BCUT2D eigenvalue weighted by molar-refractivity contribution is 7.99. The van der Waals surface area contributed by atoms with Crippen molar-refractivity contribution in [1.82, 2.24) is 4.90 Å². The first-order valence-electron chi connectivity index (χ1n) is 5.96. The van der Waals surface area contributed by atoms with Crippen molar-refractivity contribution >= 4 is 23.6 Å². The van der Waals surface area contributed by atoms with E-state index in [-0.39, 0.29) is 11.8 Å². The highest BCUT2D eigenvalue weighted by atomic mass is 32.2. The van der Waals surface area contributed by atoms with Crippen molar-refractivity contribution in [3.63, 3.8) is 0 Å². The third kappa shape index (κ3) is 1.76. The number of hydrogen-bond donors (Lipinski definition) is 1. The maximum absolute atomic E-state index is 12.4. The second-order valence-corrected chi connectivity index (χ2v) is 6.05. The number of aliphatic carboxylic acids is 1. The van der Waals surface area contributed by atoms with Gasteiger partial charge in [0.2, 0.25) is 5.91 Å². The minimum absolute atomic E-state index is 0.0329. The third-order valence-corrected chi connectivity index (χ3v) is 5.06. The molecule has 4 nitrogen and oxygen atoms in total. The highest BCUT2D eigenvalue weighted by Gasteiger charge is 2.45. The second-order valence-electron chi connectivity index (χ2n) is 5.05. The van der Waals surface area contributed by atoms with Crippen molar-refractivity contribution in [1.29, 1.82) is 0 Å². The maximum Gasteiger partial charge on any atom is 0.327 e. The van der Waals surface area contributed by atoms with E-state index in [0.29, 0.717) is 23.5 Å². The molecule has 17 heavy (non-hydrogen) atoms. The SMILES string of the molecule is O=C(O)C1CSCN1C(=O)C1CC2C=CC1C2. The number of thioether (sulfide) groups is 1. The Morgan fingerprint density at radius 2 is 2.12 bits per heavy atom. The van der Waals surface area contributed by atoms with E-state index in [4.69, 9.17) is 5.11 Å². The number of carboxylic acids is 1. The van der Waals surface area contributed by atoms with Gasteiger partial charge in [-0.2, -0.15) is 0 Å². The van der Waals surface area contributed by atoms with Crippen molar-refractivity contribution in [3.05, 3.63) is 12.2 Å². The molecule has 1 heterocycles. The minimum atomic E-state index is -0.873. The lowest BCUT2D eigenvalue weighted by atomic mass is 9.92. The summed E-state index contributed by atoms with van der Waals surface area (Å²) < 4.78 is 0. The van der Waals surface area contributed by atoms with Gasteiger partial charge in [0.1, 0.15) is 6.04 Å². The fourth-order valence-electron chi connectivity index (χ4n) is 3.14. The summed E-state index contributed by atoms with van der Waals surface area (Å²) in [7, 11) is 0. The van der Waals surface area contributed by atoms with Crippen molar-refractivity contribution < 1.29 is 14.7 Å². The summed E-state index contributed by atoms with van der Waals surface area (Å²) in [6, 6.07) is -0.615. The van der Waals surface area contributed by atoms with Crippen LogP contribution in [0.25, 0.3) is 0 Å². The molecule has 0 aromatic heterocycles. The van der Waals surface area contributed by atoms with Gasteiger partial charge in [0.15, 0.2) is 0 Å². The van der Waals surface area contributed by atoms with E-state index in [1.54, 1.807) is 4.90 Å². The average Bonchev–Trinajstić information content (AvgIpc) is 3.02. The lowest BCUT2D eigenvalue weighted by molar-refractivity contribution is -0.149. The predicted octanol–water partition coefficient (Wildman–Crippen LogP) is 1.18. The second kappa shape index (κ2) is 4.05. The number of rotatable bonds is 2. The van der Waals surface area contributed by atoms with Crippen molar-refractivity contribution in [3.8, 4) is 0 Å². The number of carbonyl (C=O) groups excluding carboxylic acids is 1. The first-order valence-corrected chi connectivity index (χ1v) is 7.11. The fraction of sp³-hybridized carbons (Fsp3) is 0.667. The van der Waals surface area contributed by atoms with Gasteiger partial charge >= 0.3 is 5.97 Å². The Kier molecular flexibility index (Phi) is 2.65. The van der Waals surface area contributed by atoms with Crippen LogP contribution in [0.5, 0.6) is 0 Å². The zero-order valence-corrected chi connectivity index (χ0v) is 10.2. The topological polar surface area (TPSA) is 57.6 Å². The van der Waals surface area contributed by atoms with Gasteiger partial charge in [-0.15, -0.1) is 11.8 Å². The molecule has 5 heteroatoms. The Hall–Kier alpha value is -0.970. The van der Waals surface area contributed by atoms with Crippen LogP contribution in [0.1, 0.15) is 12.8 Å². The molecule has 4 atom stereocenters. The number of hydrogen-bond acceptors (Lipinski definition) is 3. The molecular formula is C12H15NO3S. The molecule has 4 unspecified atom stereocenters. The molecule has 0 radical (unpaired) electrons. The van der Waals surface area contributed by atoms with Gasteiger partial charge in [0.25, 0.3) is 0 Å². The van der Waals surface area contributed by atoms with Crippen LogP contribution in [0.3, 0.4) is 0 Å². The Labute approximate surface area is 104 Å². The van der Waals surface area contributed by atoms with Crippen LogP contribution in [0.4, 0.5) is 0 Å². The number of nitrogens with zero attached hydrogens (tertiary/aromatic N) is 1. The summed E-state index contributed by atoms with van der Waals surface area (Å²) in [4.78, 5) is 25.0. The van der Waals surface area contributed by atoms with E-state index < -0.39 is 12.0 Å². The number of amides is 1. The van der Waals surface area contributed by atoms with Gasteiger partial charge < -0.3 is 10.0 Å². The van der Waals surface area contributed by atoms with Crippen molar-refractivity contribution in [2.75, 3.05) is 11.6 Å². The predicted molar refractivity (Wildman–Crippen MR) is 64.4 cm³/mol. The smallest absolute Gasteiger partial charge is 0.327 e. The molecule has 0 aromatic carbocycles. The van der Waals surface area contributed by atoms with Crippen LogP contribution in [-0.2, 0) is 9.59 Å². The van der Waals surface area contributed by atoms with Crippen LogP contribution in [0.2, 0.25) is 0 Å². The van der Waals surface area contributed by atoms with Crippen LogP contribution in [0, 0.1) is 17.8 Å². The Balaban J connectivity index is 1.74. The number of allylic oxidation sites excluding steroid dienone is 2. The highest BCUT2D eigenvalue weighted by Crippen LogP contribution is 2.44. The largest absolute Gasteiger partial charge is 0.480 e. The molecule has 2 bridgehead atoms. The summed E-state index contributed by atoms with van der Waals surface area (Å²) in [5.74, 6) is 1.18. The summed E-state index contributed by atoms with van der Waals surface area (Å²) in [6.45, 7) is 0. The zero-order valence-electron chi connectivity index (χ0n) is 9.41. The molecule has 1 saturated heterocycles. The molecule has 3 aliphatic rings. The van der Waals surface area contributed by atoms with E-state index >= 15 is 0 Å². The summed E-state index contributed by atoms with van der Waals surface area (Å²) >= 11 is 1.53. The van der Waals surface area contributed by atoms with E-state index in [1.807, 2.05) is 0 Å². The number of fused-ring (bicyclic) bond motifs is 2. The molecule has 1 N–H and O–H groups in total.